The molecule has 0 unspecified atom stereocenters. The lowest BCUT2D eigenvalue weighted by atomic mass is 10.1. The van der Waals surface area contributed by atoms with E-state index in [2.05, 4.69) is 0 Å². The maximum absolute atomic E-state index is 10.5. The molecule has 0 amide bonds. The molecular weight excluding hydrogens is 240 g/mol. The number of carboxylic acids is 2. The number of carbonyl (C=O) groups is 2. The minimum Gasteiger partial charge on any atom is -0.478 e. The summed E-state index contributed by atoms with van der Waals surface area (Å²) in [4.78, 5) is 20.9. The summed E-state index contributed by atoms with van der Waals surface area (Å²) in [6.45, 7) is 3.86. The molecule has 4 N–H and O–H groups in total. The Balaban J connectivity index is 0. The summed E-state index contributed by atoms with van der Waals surface area (Å²) in [6.07, 6.45) is 0. The molecule has 0 saturated carbocycles. The van der Waals surface area contributed by atoms with Crippen LogP contribution in [0.25, 0.3) is 0 Å². The minimum absolute atomic E-state index is 0.190. The summed E-state index contributed by atoms with van der Waals surface area (Å²) < 4.78 is 0. The second-order valence-electron chi connectivity index (χ2n) is 2.79. The summed E-state index contributed by atoms with van der Waals surface area (Å²) in [5.41, 5.74) is -0.380. The van der Waals surface area contributed by atoms with Crippen molar-refractivity contribution in [2.75, 3.05) is 13.2 Å². The quantitative estimate of drug-likeness (QED) is 0.631. The molecule has 0 spiro atoms. The van der Waals surface area contributed by atoms with Crippen molar-refractivity contribution < 1.29 is 30.0 Å². The van der Waals surface area contributed by atoms with E-state index in [0.717, 1.165) is 0 Å². The number of aliphatic hydroxyl groups is 2. The highest BCUT2D eigenvalue weighted by molar-refractivity contribution is 6.01. The molecule has 0 saturated heterocycles. The maximum Gasteiger partial charge on any atom is 0.336 e. The summed E-state index contributed by atoms with van der Waals surface area (Å²) in [5.74, 6) is -2.46. The Hall–Kier alpha value is -1.92. The molecule has 0 bridgehead atoms. The van der Waals surface area contributed by atoms with Crippen molar-refractivity contribution in [3.05, 3.63) is 35.4 Å². The standard InChI is InChI=1S/C8H6O4.2C2H6O/c9-7(10)5-3-1-2-4-6(5)8(11)12;2*1-2-3/h1-4H,(H,9,10)(H,11,12);2*3H,2H2,1H3. The fourth-order valence-corrected chi connectivity index (χ4v) is 0.856. The summed E-state index contributed by atoms with van der Waals surface area (Å²) >= 11 is 0. The van der Waals surface area contributed by atoms with E-state index in [-0.39, 0.29) is 24.3 Å². The Morgan fingerprint density at radius 2 is 1.11 bits per heavy atom. The van der Waals surface area contributed by atoms with E-state index in [9.17, 15) is 9.59 Å². The first-order chi connectivity index (χ1) is 8.45. The van der Waals surface area contributed by atoms with Crippen LogP contribution in [0.1, 0.15) is 34.6 Å². The molecule has 0 aromatic heterocycles. The lowest BCUT2D eigenvalue weighted by Gasteiger charge is -1.98. The normalized spacial score (nSPS) is 8.22. The van der Waals surface area contributed by atoms with Crippen molar-refractivity contribution in [2.45, 2.75) is 13.8 Å². The maximum atomic E-state index is 10.5. The van der Waals surface area contributed by atoms with Crippen molar-refractivity contribution >= 4 is 11.9 Å². The van der Waals surface area contributed by atoms with Gasteiger partial charge < -0.3 is 20.4 Å². The Bertz CT molecular complexity index is 326. The van der Waals surface area contributed by atoms with Crippen LogP contribution in [0, 0.1) is 0 Å². The Labute approximate surface area is 105 Å². The fraction of sp³-hybridized carbons (Fsp3) is 0.333. The largest absolute Gasteiger partial charge is 0.478 e. The number of hydrogen-bond acceptors (Lipinski definition) is 4. The molecule has 0 radical (unpaired) electrons. The van der Waals surface area contributed by atoms with Crippen molar-refractivity contribution in [3.63, 3.8) is 0 Å². The number of rotatable bonds is 2. The fourth-order valence-electron chi connectivity index (χ4n) is 0.856. The molecule has 6 nitrogen and oxygen atoms in total. The van der Waals surface area contributed by atoms with E-state index in [1.807, 2.05) is 0 Å². The Kier molecular flexibility index (Phi) is 11.8. The van der Waals surface area contributed by atoms with Gasteiger partial charge in [-0.1, -0.05) is 12.1 Å². The zero-order chi connectivity index (χ0) is 14.6. The van der Waals surface area contributed by atoms with Crippen molar-refractivity contribution in [3.8, 4) is 0 Å². The van der Waals surface area contributed by atoms with Gasteiger partial charge in [-0.3, -0.25) is 0 Å². The lowest BCUT2D eigenvalue weighted by Crippen LogP contribution is -2.06. The number of aliphatic hydroxyl groups excluding tert-OH is 2. The van der Waals surface area contributed by atoms with Crippen LogP contribution in [0.5, 0.6) is 0 Å². The lowest BCUT2D eigenvalue weighted by molar-refractivity contribution is 0.0651. The van der Waals surface area contributed by atoms with Gasteiger partial charge >= 0.3 is 11.9 Å². The topological polar surface area (TPSA) is 115 Å². The van der Waals surface area contributed by atoms with Crippen LogP contribution in [0.2, 0.25) is 0 Å². The van der Waals surface area contributed by atoms with E-state index in [1.54, 1.807) is 13.8 Å². The molecule has 1 rings (SSSR count). The molecule has 0 fully saturated rings. The van der Waals surface area contributed by atoms with Gasteiger partial charge in [-0.15, -0.1) is 0 Å². The monoisotopic (exact) mass is 258 g/mol. The van der Waals surface area contributed by atoms with E-state index in [1.165, 1.54) is 24.3 Å². The number of aromatic carboxylic acids is 2. The molecule has 18 heavy (non-hydrogen) atoms. The number of carboxylic acid groups (broad SMARTS) is 2. The molecule has 0 heterocycles. The van der Waals surface area contributed by atoms with Gasteiger partial charge in [0.2, 0.25) is 0 Å². The van der Waals surface area contributed by atoms with Gasteiger partial charge in [-0.05, 0) is 26.0 Å². The van der Waals surface area contributed by atoms with E-state index in [0.29, 0.717) is 0 Å². The van der Waals surface area contributed by atoms with Crippen molar-refractivity contribution in [1.29, 1.82) is 0 Å². The number of hydrogen-bond donors (Lipinski definition) is 4. The average molecular weight is 258 g/mol. The predicted octanol–water partition coefficient (Wildman–Crippen LogP) is 1.08. The average Bonchev–Trinajstić information content (AvgIpc) is 2.31. The zero-order valence-corrected chi connectivity index (χ0v) is 10.3. The first-order valence-corrected chi connectivity index (χ1v) is 5.23. The molecule has 1 aromatic rings. The van der Waals surface area contributed by atoms with Crippen LogP contribution in [-0.4, -0.2) is 45.6 Å². The SMILES string of the molecule is CCO.CCO.O=C(O)c1ccccc1C(=O)O. The molecule has 102 valence electrons. The molecular formula is C12H18O6. The summed E-state index contributed by atoms with van der Waals surface area (Å²) in [5, 5.41) is 32.2. The summed E-state index contributed by atoms with van der Waals surface area (Å²) in [7, 11) is 0. The van der Waals surface area contributed by atoms with Gasteiger partial charge in [-0.2, -0.15) is 0 Å². The second-order valence-corrected chi connectivity index (χ2v) is 2.79. The van der Waals surface area contributed by atoms with Gasteiger partial charge in [0.15, 0.2) is 0 Å². The predicted molar refractivity (Wildman–Crippen MR) is 65.9 cm³/mol. The first-order valence-electron chi connectivity index (χ1n) is 5.23. The molecule has 0 aliphatic heterocycles. The van der Waals surface area contributed by atoms with Crippen LogP contribution in [0.4, 0.5) is 0 Å². The Morgan fingerprint density at radius 3 is 1.28 bits per heavy atom. The van der Waals surface area contributed by atoms with Crippen LogP contribution < -0.4 is 0 Å². The molecule has 1 aromatic carbocycles. The summed E-state index contributed by atoms with van der Waals surface area (Å²) in [6, 6.07) is 5.48. The highest BCUT2D eigenvalue weighted by atomic mass is 16.4. The highest BCUT2D eigenvalue weighted by Gasteiger charge is 2.13. The second kappa shape index (κ2) is 11.6. The smallest absolute Gasteiger partial charge is 0.336 e. The van der Waals surface area contributed by atoms with E-state index < -0.39 is 11.9 Å². The van der Waals surface area contributed by atoms with E-state index in [4.69, 9.17) is 20.4 Å². The van der Waals surface area contributed by atoms with Crippen LogP contribution in [0.15, 0.2) is 24.3 Å². The van der Waals surface area contributed by atoms with Gasteiger partial charge in [-0.25, -0.2) is 9.59 Å². The van der Waals surface area contributed by atoms with Gasteiger partial charge in [0, 0.05) is 13.2 Å². The van der Waals surface area contributed by atoms with Crippen molar-refractivity contribution in [1.82, 2.24) is 0 Å². The molecule has 0 atom stereocenters. The van der Waals surface area contributed by atoms with Crippen molar-refractivity contribution in [2.24, 2.45) is 0 Å². The third-order valence-electron chi connectivity index (χ3n) is 1.39. The van der Waals surface area contributed by atoms with Gasteiger partial charge in [0.05, 0.1) is 11.1 Å². The third-order valence-corrected chi connectivity index (χ3v) is 1.39. The minimum atomic E-state index is -1.23. The Morgan fingerprint density at radius 1 is 0.889 bits per heavy atom. The molecule has 6 heteroatoms. The highest BCUT2D eigenvalue weighted by Crippen LogP contribution is 2.07. The van der Waals surface area contributed by atoms with Crippen LogP contribution in [0.3, 0.4) is 0 Å². The van der Waals surface area contributed by atoms with E-state index >= 15 is 0 Å². The van der Waals surface area contributed by atoms with Crippen LogP contribution in [-0.2, 0) is 0 Å². The van der Waals surface area contributed by atoms with Crippen LogP contribution >= 0.6 is 0 Å². The molecule has 0 aliphatic carbocycles. The molecule has 0 aliphatic rings. The van der Waals surface area contributed by atoms with Gasteiger partial charge in [0.1, 0.15) is 0 Å². The van der Waals surface area contributed by atoms with Gasteiger partial charge in [0.25, 0.3) is 0 Å². The number of benzene rings is 1. The third kappa shape index (κ3) is 8.26. The zero-order valence-electron chi connectivity index (χ0n) is 10.3. The first kappa shape index (κ1) is 18.4.